The molecule has 0 radical (unpaired) electrons. The molecule has 0 unspecified atom stereocenters. The van der Waals surface area contributed by atoms with Crippen molar-refractivity contribution in [3.63, 3.8) is 0 Å². The Bertz CT molecular complexity index is 732. The fraction of sp³-hybridized carbons (Fsp3) is 0.286. The predicted octanol–water partition coefficient (Wildman–Crippen LogP) is 2.17. The van der Waals surface area contributed by atoms with Crippen molar-refractivity contribution in [1.82, 2.24) is 24.5 Å². The van der Waals surface area contributed by atoms with Crippen molar-refractivity contribution in [1.29, 1.82) is 0 Å². The van der Waals surface area contributed by atoms with Crippen molar-refractivity contribution in [2.24, 2.45) is 0 Å². The van der Waals surface area contributed by atoms with Gasteiger partial charge in [0.05, 0.1) is 18.6 Å². The highest BCUT2D eigenvalue weighted by atomic mass is 15.2. The van der Waals surface area contributed by atoms with E-state index in [1.54, 1.807) is 12.5 Å². The van der Waals surface area contributed by atoms with E-state index >= 15 is 0 Å². The van der Waals surface area contributed by atoms with E-state index in [0.717, 1.165) is 22.7 Å². The Morgan fingerprint density at radius 3 is 2.90 bits per heavy atom. The van der Waals surface area contributed by atoms with Gasteiger partial charge in [-0.15, -0.1) is 0 Å². The molecule has 100 valence electrons. The zero-order valence-electron chi connectivity index (χ0n) is 10.9. The Morgan fingerprint density at radius 1 is 1.15 bits per heavy atom. The van der Waals surface area contributed by atoms with Gasteiger partial charge in [0.25, 0.3) is 0 Å². The van der Waals surface area contributed by atoms with Crippen LogP contribution in [0.5, 0.6) is 0 Å². The highest BCUT2D eigenvalue weighted by Crippen LogP contribution is 2.37. The molecule has 0 amide bonds. The zero-order chi connectivity index (χ0) is 13.4. The van der Waals surface area contributed by atoms with Gasteiger partial charge in [-0.25, -0.2) is 15.0 Å². The largest absolute Gasteiger partial charge is 0.362 e. The fourth-order valence-electron chi connectivity index (χ4n) is 2.28. The number of hydrogen-bond acceptors (Lipinski definition) is 5. The van der Waals surface area contributed by atoms with Crippen LogP contribution in [0.3, 0.4) is 0 Å². The van der Waals surface area contributed by atoms with Crippen LogP contribution in [0.2, 0.25) is 0 Å². The maximum Gasteiger partial charge on any atom is 0.165 e. The summed E-state index contributed by atoms with van der Waals surface area (Å²) < 4.78 is 2.14. The third-order valence-electron chi connectivity index (χ3n) is 3.46. The summed E-state index contributed by atoms with van der Waals surface area (Å²) in [6, 6.07) is 6.43. The van der Waals surface area contributed by atoms with Gasteiger partial charge in [0.2, 0.25) is 0 Å². The molecule has 3 aromatic rings. The monoisotopic (exact) mass is 266 g/mol. The Balaban J connectivity index is 1.63. The van der Waals surface area contributed by atoms with E-state index in [4.69, 9.17) is 0 Å². The first-order valence-electron chi connectivity index (χ1n) is 6.73. The lowest BCUT2D eigenvalue weighted by Gasteiger charge is -2.05. The molecule has 6 nitrogen and oxygen atoms in total. The summed E-state index contributed by atoms with van der Waals surface area (Å²) in [6.07, 6.45) is 7.67. The van der Waals surface area contributed by atoms with Gasteiger partial charge in [-0.05, 0) is 25.0 Å². The molecule has 1 fully saturated rings. The number of rotatable bonds is 4. The minimum atomic E-state index is 0.568. The number of nitrogens with zero attached hydrogens (tertiary/aromatic N) is 5. The number of imidazole rings is 1. The molecule has 6 heteroatoms. The second-order valence-electron chi connectivity index (χ2n) is 4.95. The molecule has 0 aliphatic heterocycles. The number of nitrogens with one attached hydrogen (secondary N) is 1. The van der Waals surface area contributed by atoms with Crippen molar-refractivity contribution >= 4 is 17.0 Å². The van der Waals surface area contributed by atoms with Crippen LogP contribution in [0.1, 0.15) is 24.6 Å². The quantitative estimate of drug-likeness (QED) is 0.783. The molecule has 0 saturated heterocycles. The second-order valence-corrected chi connectivity index (χ2v) is 4.95. The summed E-state index contributed by atoms with van der Waals surface area (Å²) in [5.41, 5.74) is 2.71. The van der Waals surface area contributed by atoms with Crippen LogP contribution >= 0.6 is 0 Å². The topological polar surface area (TPSA) is 68.5 Å². The van der Waals surface area contributed by atoms with Crippen molar-refractivity contribution < 1.29 is 0 Å². The zero-order valence-corrected chi connectivity index (χ0v) is 10.9. The van der Waals surface area contributed by atoms with E-state index < -0.39 is 0 Å². The average Bonchev–Trinajstić information content (AvgIpc) is 3.25. The summed E-state index contributed by atoms with van der Waals surface area (Å²) in [6.45, 7) is 0.628. The maximum absolute atomic E-state index is 4.45. The molecule has 0 aromatic carbocycles. The summed E-state index contributed by atoms with van der Waals surface area (Å²) >= 11 is 0. The van der Waals surface area contributed by atoms with E-state index in [-0.39, 0.29) is 0 Å². The molecule has 1 N–H and O–H groups in total. The molecule has 3 heterocycles. The normalized spacial score (nSPS) is 14.6. The van der Waals surface area contributed by atoms with Gasteiger partial charge in [-0.1, -0.05) is 6.07 Å². The fourth-order valence-corrected chi connectivity index (χ4v) is 2.28. The molecule has 0 spiro atoms. The van der Waals surface area contributed by atoms with Crippen LogP contribution in [-0.2, 0) is 6.54 Å². The highest BCUT2D eigenvalue weighted by molar-refractivity contribution is 5.82. The van der Waals surface area contributed by atoms with Gasteiger partial charge in [-0.3, -0.25) is 4.98 Å². The molecule has 1 saturated carbocycles. The van der Waals surface area contributed by atoms with E-state index in [9.17, 15) is 0 Å². The van der Waals surface area contributed by atoms with E-state index in [0.29, 0.717) is 12.6 Å². The Hall–Kier alpha value is -2.50. The van der Waals surface area contributed by atoms with Gasteiger partial charge in [-0.2, -0.15) is 0 Å². The number of hydrogen-bond donors (Lipinski definition) is 1. The lowest BCUT2D eigenvalue weighted by molar-refractivity contribution is 0.756. The molecule has 4 rings (SSSR count). The number of pyridine rings is 1. The third kappa shape index (κ3) is 1.99. The minimum Gasteiger partial charge on any atom is -0.362 e. The summed E-state index contributed by atoms with van der Waals surface area (Å²) in [4.78, 5) is 17.4. The SMILES string of the molecule is c1ccc(CNc2ncnc3c2ncn3C2CC2)nc1. The summed E-state index contributed by atoms with van der Waals surface area (Å²) in [5.74, 6) is 0.764. The Kier molecular flexibility index (Phi) is 2.58. The molecule has 3 aromatic heterocycles. The van der Waals surface area contributed by atoms with Crippen molar-refractivity contribution in [2.45, 2.75) is 25.4 Å². The van der Waals surface area contributed by atoms with E-state index in [1.807, 2.05) is 24.5 Å². The third-order valence-corrected chi connectivity index (χ3v) is 3.46. The smallest absolute Gasteiger partial charge is 0.165 e. The second kappa shape index (κ2) is 4.56. The molecule has 1 aliphatic rings. The van der Waals surface area contributed by atoms with Crippen LogP contribution in [-0.4, -0.2) is 24.5 Å². The first-order valence-corrected chi connectivity index (χ1v) is 6.73. The Labute approximate surface area is 115 Å². The van der Waals surface area contributed by atoms with Gasteiger partial charge in [0.15, 0.2) is 11.5 Å². The van der Waals surface area contributed by atoms with Crippen molar-refractivity contribution in [3.05, 3.63) is 42.7 Å². The lowest BCUT2D eigenvalue weighted by Crippen LogP contribution is -2.04. The van der Waals surface area contributed by atoms with E-state index in [2.05, 4.69) is 29.8 Å². The average molecular weight is 266 g/mol. The lowest BCUT2D eigenvalue weighted by atomic mass is 10.3. The van der Waals surface area contributed by atoms with Crippen LogP contribution in [0.25, 0.3) is 11.2 Å². The molecule has 0 atom stereocenters. The summed E-state index contributed by atoms with van der Waals surface area (Å²) in [5, 5.41) is 3.29. The Morgan fingerprint density at radius 2 is 2.10 bits per heavy atom. The molecule has 1 aliphatic carbocycles. The highest BCUT2D eigenvalue weighted by Gasteiger charge is 2.26. The van der Waals surface area contributed by atoms with Crippen LogP contribution in [0.15, 0.2) is 37.1 Å². The van der Waals surface area contributed by atoms with Crippen molar-refractivity contribution in [3.8, 4) is 0 Å². The van der Waals surface area contributed by atoms with Gasteiger partial charge in [0, 0.05) is 12.2 Å². The van der Waals surface area contributed by atoms with Gasteiger partial charge in [0.1, 0.15) is 11.8 Å². The van der Waals surface area contributed by atoms with Crippen LogP contribution in [0.4, 0.5) is 5.82 Å². The standard InChI is InChI=1S/C14H14N6/c1-2-6-15-10(3-1)7-16-13-12-14(18-8-17-13)20(9-19-12)11-4-5-11/h1-3,6,8-9,11H,4-5,7H2,(H,16,17,18). The molecule has 20 heavy (non-hydrogen) atoms. The van der Waals surface area contributed by atoms with Crippen LogP contribution < -0.4 is 5.32 Å². The van der Waals surface area contributed by atoms with E-state index in [1.165, 1.54) is 12.8 Å². The molecular formula is C14H14N6. The van der Waals surface area contributed by atoms with Gasteiger partial charge < -0.3 is 9.88 Å². The summed E-state index contributed by atoms with van der Waals surface area (Å²) in [7, 11) is 0. The van der Waals surface area contributed by atoms with Crippen molar-refractivity contribution in [2.75, 3.05) is 5.32 Å². The molecular weight excluding hydrogens is 252 g/mol. The molecule has 0 bridgehead atoms. The first-order chi connectivity index (χ1) is 9.92. The van der Waals surface area contributed by atoms with Crippen LogP contribution in [0, 0.1) is 0 Å². The van der Waals surface area contributed by atoms with Gasteiger partial charge >= 0.3 is 0 Å². The minimum absolute atomic E-state index is 0.568. The number of aromatic nitrogens is 5. The first kappa shape index (κ1) is 11.3. The maximum atomic E-state index is 4.45. The predicted molar refractivity (Wildman–Crippen MR) is 75.2 cm³/mol. The number of anilines is 1. The number of fused-ring (bicyclic) bond motifs is 1.